The minimum absolute atomic E-state index is 0.207. The molecule has 21 heteroatoms. The third-order valence-corrected chi connectivity index (χ3v) is 6.91. The summed E-state index contributed by atoms with van der Waals surface area (Å²) in [5.74, 6) is -47.2. The van der Waals surface area contributed by atoms with E-state index in [4.69, 9.17) is 0 Å². The number of halogens is 17. The predicted molar refractivity (Wildman–Crippen MR) is 108 cm³/mol. The van der Waals surface area contributed by atoms with Crippen LogP contribution < -0.4 is 0 Å². The second-order valence-electron chi connectivity index (χ2n) is 8.97. The van der Waals surface area contributed by atoms with Gasteiger partial charge in [-0.15, -0.1) is 0 Å². The summed E-state index contributed by atoms with van der Waals surface area (Å²) in [5.41, 5.74) is 0.207. The SMILES string of the molecule is Cc1ccc(S(=O)(=O)OC(F)(F)C(F)(F)C(F)(F)C(F)(F)C(F)(F)C(F)(F)C(F)(F)CCCCCCC(F)(F)F)cc1. The van der Waals surface area contributed by atoms with Gasteiger partial charge >= 0.3 is 57.9 Å². The molecule has 0 saturated heterocycles. The molecule has 0 spiro atoms. The molecule has 0 N–H and O–H groups in total. The number of alkyl halides is 17. The summed E-state index contributed by atoms with van der Waals surface area (Å²) < 4.78 is 258. The van der Waals surface area contributed by atoms with Crippen LogP contribution in [-0.4, -0.2) is 56.2 Å². The van der Waals surface area contributed by atoms with Gasteiger partial charge in [-0.2, -0.15) is 87.2 Å². The molecule has 1 aromatic rings. The van der Waals surface area contributed by atoms with E-state index in [0.717, 1.165) is 12.1 Å². The lowest BCUT2D eigenvalue weighted by Crippen LogP contribution is -2.73. The number of benzene rings is 1. The molecule has 246 valence electrons. The van der Waals surface area contributed by atoms with Crippen molar-refractivity contribution in [3.8, 4) is 0 Å². The Bertz CT molecular complexity index is 1160. The van der Waals surface area contributed by atoms with Gasteiger partial charge in [0, 0.05) is 12.8 Å². The Balaban J connectivity index is 3.29. The molecule has 0 saturated carbocycles. The first-order chi connectivity index (χ1) is 18.4. The molecule has 3 nitrogen and oxygen atoms in total. The van der Waals surface area contributed by atoms with Gasteiger partial charge in [-0.05, 0) is 31.9 Å². The molecule has 0 amide bonds. The van der Waals surface area contributed by atoms with Crippen molar-refractivity contribution in [2.75, 3.05) is 0 Å². The summed E-state index contributed by atoms with van der Waals surface area (Å²) in [7, 11) is -6.26. The molecule has 0 aromatic heterocycles. The molecular formula is C21H19F17O3S. The normalized spacial score (nSPS) is 15.3. The molecule has 0 fully saturated rings. The standard InChI is InChI=1S/C21H19F17O3S/c1-12-6-8-13(9-7-12)42(39,40)41-21(37,38)20(35,36)19(33,34)18(31,32)17(29,30)16(27,28)14(22,23)10-4-2-3-5-11-15(24,25)26/h6-9H,2-5,10-11H2,1H3. The van der Waals surface area contributed by atoms with Crippen molar-refractivity contribution in [2.45, 2.75) is 98.2 Å². The highest BCUT2D eigenvalue weighted by Crippen LogP contribution is 2.63. The summed E-state index contributed by atoms with van der Waals surface area (Å²) in [6, 6.07) is 2.39. The maximum atomic E-state index is 14.0. The van der Waals surface area contributed by atoms with Crippen LogP contribution in [0.2, 0.25) is 0 Å². The van der Waals surface area contributed by atoms with Crippen LogP contribution in [0.4, 0.5) is 74.6 Å². The minimum Gasteiger partial charge on any atom is -0.200 e. The van der Waals surface area contributed by atoms with Crippen molar-refractivity contribution in [1.82, 2.24) is 0 Å². The van der Waals surface area contributed by atoms with E-state index < -0.39 is 101 Å². The monoisotopic (exact) mass is 674 g/mol. The van der Waals surface area contributed by atoms with Gasteiger partial charge in [0.25, 0.3) is 0 Å². The Morgan fingerprint density at radius 3 is 1.36 bits per heavy atom. The maximum absolute atomic E-state index is 14.0. The summed E-state index contributed by atoms with van der Waals surface area (Å²) in [5, 5.41) is 0. The van der Waals surface area contributed by atoms with E-state index in [9.17, 15) is 83.1 Å². The summed E-state index contributed by atoms with van der Waals surface area (Å²) in [6.45, 7) is 1.28. The van der Waals surface area contributed by atoms with E-state index in [1.807, 2.05) is 0 Å². The van der Waals surface area contributed by atoms with Crippen LogP contribution in [0.5, 0.6) is 0 Å². The molecule has 0 unspecified atom stereocenters. The first kappa shape index (κ1) is 38.0. The van der Waals surface area contributed by atoms with E-state index >= 15 is 0 Å². The Hall–Kier alpha value is -2.06. The van der Waals surface area contributed by atoms with E-state index in [1.165, 1.54) is 6.92 Å². The molecule has 0 aliphatic rings. The van der Waals surface area contributed by atoms with Crippen molar-refractivity contribution < 1.29 is 87.2 Å². The molecule has 42 heavy (non-hydrogen) atoms. The molecule has 1 rings (SSSR count). The fourth-order valence-electron chi connectivity index (χ4n) is 3.13. The maximum Gasteiger partial charge on any atom is 0.440 e. The van der Waals surface area contributed by atoms with E-state index in [2.05, 4.69) is 4.18 Å². The Labute approximate surface area is 226 Å². The van der Waals surface area contributed by atoms with Gasteiger partial charge < -0.3 is 0 Å². The summed E-state index contributed by atoms with van der Waals surface area (Å²) in [6.07, 6.45) is -19.7. The van der Waals surface area contributed by atoms with Crippen LogP contribution in [0, 0.1) is 6.92 Å². The number of aryl methyl sites for hydroxylation is 1. The Kier molecular flexibility index (Phi) is 10.7. The molecule has 0 atom stereocenters. The highest BCUT2D eigenvalue weighted by atomic mass is 32.2. The van der Waals surface area contributed by atoms with Gasteiger partial charge in [-0.25, -0.2) is 0 Å². The molecule has 0 aliphatic carbocycles. The lowest BCUT2D eigenvalue weighted by molar-refractivity contribution is -0.457. The van der Waals surface area contributed by atoms with Gasteiger partial charge in [0.15, 0.2) is 0 Å². The average Bonchev–Trinajstić information content (AvgIpc) is 2.79. The number of hydrogen-bond donors (Lipinski definition) is 0. The number of rotatable bonds is 15. The van der Waals surface area contributed by atoms with Gasteiger partial charge in [-0.3, -0.25) is 0 Å². The van der Waals surface area contributed by atoms with Gasteiger partial charge in [0.1, 0.15) is 0 Å². The number of hydrogen-bond acceptors (Lipinski definition) is 3. The second kappa shape index (κ2) is 11.8. The van der Waals surface area contributed by atoms with Crippen molar-refractivity contribution in [3.05, 3.63) is 29.8 Å². The first-order valence-electron chi connectivity index (χ1n) is 11.1. The second-order valence-corrected chi connectivity index (χ2v) is 10.5. The average molecular weight is 674 g/mol. The van der Waals surface area contributed by atoms with Gasteiger partial charge in [0.2, 0.25) is 0 Å². The fraction of sp³-hybridized carbons (Fsp3) is 0.714. The zero-order chi connectivity index (χ0) is 33.4. The molecule has 0 bridgehead atoms. The minimum atomic E-state index is -8.44. The van der Waals surface area contributed by atoms with E-state index in [1.54, 1.807) is 0 Å². The molecule has 0 radical (unpaired) electrons. The van der Waals surface area contributed by atoms with Crippen LogP contribution >= 0.6 is 0 Å². The van der Waals surface area contributed by atoms with Gasteiger partial charge in [0.05, 0.1) is 4.90 Å². The number of unbranched alkanes of at least 4 members (excludes halogenated alkanes) is 3. The summed E-state index contributed by atoms with van der Waals surface area (Å²) in [4.78, 5) is -1.46. The Morgan fingerprint density at radius 2 is 0.929 bits per heavy atom. The topological polar surface area (TPSA) is 43.4 Å². The van der Waals surface area contributed by atoms with E-state index in [-0.39, 0.29) is 5.56 Å². The van der Waals surface area contributed by atoms with Crippen LogP contribution in [0.25, 0.3) is 0 Å². The first-order valence-corrected chi connectivity index (χ1v) is 12.6. The molecule has 0 heterocycles. The third kappa shape index (κ3) is 7.18. The van der Waals surface area contributed by atoms with Crippen LogP contribution in [-0.2, 0) is 14.3 Å². The third-order valence-electron chi connectivity index (χ3n) is 5.63. The van der Waals surface area contributed by atoms with Gasteiger partial charge in [-0.1, -0.05) is 30.5 Å². The zero-order valence-corrected chi connectivity index (χ0v) is 21.4. The Morgan fingerprint density at radius 1 is 0.548 bits per heavy atom. The quantitative estimate of drug-likeness (QED) is 0.106. The molecule has 0 aliphatic heterocycles. The van der Waals surface area contributed by atoms with Crippen molar-refractivity contribution in [3.63, 3.8) is 0 Å². The lowest BCUT2D eigenvalue weighted by Gasteiger charge is -2.42. The fourth-order valence-corrected chi connectivity index (χ4v) is 4.08. The highest BCUT2D eigenvalue weighted by molar-refractivity contribution is 7.86. The molecule has 1 aromatic carbocycles. The van der Waals surface area contributed by atoms with Crippen molar-refractivity contribution >= 4 is 10.1 Å². The lowest BCUT2D eigenvalue weighted by atomic mass is 9.89. The summed E-state index contributed by atoms with van der Waals surface area (Å²) >= 11 is 0. The van der Waals surface area contributed by atoms with Crippen LogP contribution in [0.15, 0.2) is 29.2 Å². The van der Waals surface area contributed by atoms with Crippen molar-refractivity contribution in [1.29, 1.82) is 0 Å². The van der Waals surface area contributed by atoms with Crippen LogP contribution in [0.1, 0.15) is 44.1 Å². The highest BCUT2D eigenvalue weighted by Gasteiger charge is 2.93. The van der Waals surface area contributed by atoms with Crippen LogP contribution in [0.3, 0.4) is 0 Å². The molecular weight excluding hydrogens is 655 g/mol. The predicted octanol–water partition coefficient (Wildman–Crippen LogP) is 9.01. The van der Waals surface area contributed by atoms with Crippen molar-refractivity contribution in [2.24, 2.45) is 0 Å². The largest absolute Gasteiger partial charge is 0.440 e. The smallest absolute Gasteiger partial charge is 0.200 e. The van der Waals surface area contributed by atoms with E-state index in [0.29, 0.717) is 12.1 Å². The zero-order valence-electron chi connectivity index (χ0n) is 20.6.